The van der Waals surface area contributed by atoms with E-state index in [9.17, 15) is 9.59 Å². The molecule has 0 radical (unpaired) electrons. The lowest BCUT2D eigenvalue weighted by molar-refractivity contribution is -0.150. The largest absolute Gasteiger partial charge is 0.461 e. The van der Waals surface area contributed by atoms with Gasteiger partial charge in [0.15, 0.2) is 0 Å². The fraction of sp³-hybridized carbons (Fsp3) is 0.429. The van der Waals surface area contributed by atoms with Gasteiger partial charge in [-0.2, -0.15) is 0 Å². The van der Waals surface area contributed by atoms with Crippen LogP contribution in [0.1, 0.15) is 12.8 Å². The zero-order chi connectivity index (χ0) is 13.4. The molecule has 0 aromatic heterocycles. The van der Waals surface area contributed by atoms with Crippen molar-refractivity contribution in [3.8, 4) is 0 Å². The number of carbonyl (C=O) groups excluding carboxylic acids is 2. The van der Waals surface area contributed by atoms with Gasteiger partial charge in [-0.25, -0.2) is 0 Å². The van der Waals surface area contributed by atoms with Crippen LogP contribution in [0.3, 0.4) is 0 Å². The Bertz CT molecular complexity index is 357. The van der Waals surface area contributed by atoms with Gasteiger partial charge in [0.1, 0.15) is 13.2 Å². The average Bonchev–Trinajstić information content (AvgIpc) is 2.42. The van der Waals surface area contributed by atoms with E-state index in [-0.39, 0.29) is 37.0 Å². The first-order valence-corrected chi connectivity index (χ1v) is 5.90. The Hall–Kier alpha value is -1.84. The zero-order valence-corrected chi connectivity index (χ0v) is 10.3. The summed E-state index contributed by atoms with van der Waals surface area (Å²) in [7, 11) is 0. The first kappa shape index (κ1) is 14.2. The van der Waals surface area contributed by atoms with Gasteiger partial charge >= 0.3 is 11.9 Å². The molecule has 0 saturated heterocycles. The molecule has 1 rings (SSSR count). The van der Waals surface area contributed by atoms with E-state index in [1.165, 1.54) is 12.2 Å². The van der Waals surface area contributed by atoms with Gasteiger partial charge in [0.25, 0.3) is 0 Å². The number of ether oxygens (including phenoxy) is 2. The Balaban J connectivity index is 2.50. The van der Waals surface area contributed by atoms with Crippen molar-refractivity contribution < 1.29 is 19.1 Å². The van der Waals surface area contributed by atoms with Crippen LogP contribution in [0, 0.1) is 11.8 Å². The van der Waals surface area contributed by atoms with Crippen molar-refractivity contribution in [2.45, 2.75) is 12.8 Å². The molecule has 0 heterocycles. The third-order valence-corrected chi connectivity index (χ3v) is 2.65. The number of hydrogen-bond acceptors (Lipinski definition) is 4. The molecule has 0 spiro atoms. The lowest BCUT2D eigenvalue weighted by Gasteiger charge is -2.21. The summed E-state index contributed by atoms with van der Waals surface area (Å²) >= 11 is 0. The summed E-state index contributed by atoms with van der Waals surface area (Å²) < 4.78 is 9.94. The number of carbonyl (C=O) groups is 2. The summed E-state index contributed by atoms with van der Waals surface area (Å²) in [5, 5.41) is 0. The van der Waals surface area contributed by atoms with Crippen molar-refractivity contribution >= 4 is 11.9 Å². The van der Waals surface area contributed by atoms with E-state index in [4.69, 9.17) is 9.47 Å². The van der Waals surface area contributed by atoms with Crippen LogP contribution in [-0.4, -0.2) is 25.2 Å². The van der Waals surface area contributed by atoms with Gasteiger partial charge in [0.05, 0.1) is 11.8 Å². The summed E-state index contributed by atoms with van der Waals surface area (Å²) in [6, 6.07) is 0. The third kappa shape index (κ3) is 4.20. The van der Waals surface area contributed by atoms with Crippen LogP contribution in [0.4, 0.5) is 0 Å². The number of rotatable bonds is 6. The Morgan fingerprint density at radius 1 is 1.17 bits per heavy atom. The van der Waals surface area contributed by atoms with E-state index < -0.39 is 0 Å². The zero-order valence-electron chi connectivity index (χ0n) is 10.3. The quantitative estimate of drug-likeness (QED) is 0.534. The van der Waals surface area contributed by atoms with Crippen LogP contribution in [0.2, 0.25) is 0 Å². The fourth-order valence-electron chi connectivity index (χ4n) is 1.76. The van der Waals surface area contributed by atoms with Crippen molar-refractivity contribution in [3.05, 3.63) is 37.5 Å². The van der Waals surface area contributed by atoms with Crippen molar-refractivity contribution in [3.63, 3.8) is 0 Å². The molecule has 0 amide bonds. The van der Waals surface area contributed by atoms with Crippen molar-refractivity contribution in [1.82, 2.24) is 0 Å². The minimum Gasteiger partial charge on any atom is -0.461 e. The minimum absolute atomic E-state index is 0.189. The van der Waals surface area contributed by atoms with Gasteiger partial charge in [0.2, 0.25) is 0 Å². The molecule has 98 valence electrons. The third-order valence-electron chi connectivity index (χ3n) is 2.65. The maximum atomic E-state index is 11.7. The van der Waals surface area contributed by atoms with Crippen LogP contribution < -0.4 is 0 Å². The van der Waals surface area contributed by atoms with Crippen LogP contribution >= 0.6 is 0 Å². The summed E-state index contributed by atoms with van der Waals surface area (Å²) in [5.74, 6) is -1.27. The second-order valence-electron chi connectivity index (χ2n) is 4.04. The predicted octanol–water partition coefficient (Wildman–Crippen LogP) is 2.03. The van der Waals surface area contributed by atoms with Gasteiger partial charge in [-0.3, -0.25) is 9.59 Å². The Kier molecular flexibility index (Phi) is 5.91. The monoisotopic (exact) mass is 250 g/mol. The number of allylic oxidation sites excluding steroid dienone is 1. The number of esters is 2. The van der Waals surface area contributed by atoms with E-state index in [1.54, 1.807) is 6.08 Å². The molecule has 1 aliphatic carbocycles. The van der Waals surface area contributed by atoms with E-state index in [2.05, 4.69) is 13.2 Å². The highest BCUT2D eigenvalue weighted by Gasteiger charge is 2.29. The molecule has 4 heteroatoms. The number of hydrogen-bond donors (Lipinski definition) is 0. The molecule has 0 fully saturated rings. The topological polar surface area (TPSA) is 52.6 Å². The Labute approximate surface area is 107 Å². The molecule has 1 aliphatic rings. The molecule has 0 N–H and O–H groups in total. The maximum Gasteiger partial charge on any atom is 0.313 e. The first-order chi connectivity index (χ1) is 8.69. The van der Waals surface area contributed by atoms with E-state index in [0.717, 1.165) is 0 Å². The van der Waals surface area contributed by atoms with Crippen molar-refractivity contribution in [2.75, 3.05) is 13.2 Å². The van der Waals surface area contributed by atoms with Crippen LogP contribution in [-0.2, 0) is 19.1 Å². The highest BCUT2D eigenvalue weighted by Crippen LogP contribution is 2.25. The molecule has 4 nitrogen and oxygen atoms in total. The summed E-state index contributed by atoms with van der Waals surface area (Å²) in [5.41, 5.74) is 0. The highest BCUT2D eigenvalue weighted by atomic mass is 16.5. The first-order valence-electron chi connectivity index (χ1n) is 5.90. The Morgan fingerprint density at radius 2 is 1.78 bits per heavy atom. The minimum atomic E-state index is -0.375. The van der Waals surface area contributed by atoms with Crippen LogP contribution in [0.5, 0.6) is 0 Å². The molecule has 2 unspecified atom stereocenters. The maximum absolute atomic E-state index is 11.7. The smallest absolute Gasteiger partial charge is 0.313 e. The van der Waals surface area contributed by atoms with Gasteiger partial charge in [0, 0.05) is 0 Å². The fourth-order valence-corrected chi connectivity index (χ4v) is 1.76. The molecule has 0 aromatic carbocycles. The predicted molar refractivity (Wildman–Crippen MR) is 67.7 cm³/mol. The second-order valence-corrected chi connectivity index (χ2v) is 4.04. The van der Waals surface area contributed by atoms with Gasteiger partial charge in [-0.05, 0) is 12.8 Å². The van der Waals surface area contributed by atoms with Crippen molar-refractivity contribution in [2.24, 2.45) is 11.8 Å². The Morgan fingerprint density at radius 3 is 2.39 bits per heavy atom. The lowest BCUT2D eigenvalue weighted by Crippen LogP contribution is -2.27. The van der Waals surface area contributed by atoms with Gasteiger partial charge < -0.3 is 9.47 Å². The summed E-state index contributed by atoms with van der Waals surface area (Å²) in [6.45, 7) is 7.34. The molecule has 18 heavy (non-hydrogen) atoms. The van der Waals surface area contributed by atoms with Crippen LogP contribution in [0.25, 0.3) is 0 Å². The summed E-state index contributed by atoms with van der Waals surface area (Å²) in [6.07, 6.45) is 7.67. The second kappa shape index (κ2) is 7.48. The molecule has 0 saturated carbocycles. The SMILES string of the molecule is C=CCOC(=O)C1C=CCC(C(=O)OCC=C)C1. The van der Waals surface area contributed by atoms with E-state index in [0.29, 0.717) is 12.8 Å². The van der Waals surface area contributed by atoms with Crippen LogP contribution in [0.15, 0.2) is 37.5 Å². The molecular weight excluding hydrogens is 232 g/mol. The molecule has 2 atom stereocenters. The van der Waals surface area contributed by atoms with Gasteiger partial charge in [-0.15, -0.1) is 0 Å². The van der Waals surface area contributed by atoms with Gasteiger partial charge in [-0.1, -0.05) is 37.5 Å². The molecule has 0 aliphatic heterocycles. The van der Waals surface area contributed by atoms with E-state index >= 15 is 0 Å². The van der Waals surface area contributed by atoms with E-state index in [1.807, 2.05) is 6.08 Å². The normalized spacial score (nSPS) is 22.0. The molecule has 0 aromatic rings. The van der Waals surface area contributed by atoms with Crippen molar-refractivity contribution in [1.29, 1.82) is 0 Å². The lowest BCUT2D eigenvalue weighted by atomic mass is 9.87. The summed E-state index contributed by atoms with van der Waals surface area (Å²) in [4.78, 5) is 23.3. The highest BCUT2D eigenvalue weighted by molar-refractivity contribution is 5.78. The molecule has 0 bridgehead atoms. The average molecular weight is 250 g/mol. The standard InChI is InChI=1S/C14H18O4/c1-3-8-17-13(15)11-6-5-7-12(10-11)14(16)18-9-4-2/h3-6,11-12H,1-2,7-10H2. The molecular formula is C14H18O4.